The molecule has 0 fully saturated rings. The molecule has 21 heavy (non-hydrogen) atoms. The number of pyridine rings is 1. The average Bonchev–Trinajstić information content (AvgIpc) is 2.42. The Bertz CT molecular complexity index is 713. The number of benzene rings is 1. The van der Waals surface area contributed by atoms with E-state index in [4.69, 9.17) is 15.9 Å². The quantitative estimate of drug-likeness (QED) is 0.342. The van der Waals surface area contributed by atoms with Crippen molar-refractivity contribution in [2.75, 3.05) is 0 Å². The summed E-state index contributed by atoms with van der Waals surface area (Å²) < 4.78 is 6.38. The predicted octanol–water partition coefficient (Wildman–Crippen LogP) is 3.59. The Hall–Kier alpha value is -2.00. The summed E-state index contributed by atoms with van der Waals surface area (Å²) in [6.07, 6.45) is 1.50. The number of halogens is 2. The van der Waals surface area contributed by atoms with Crippen molar-refractivity contribution in [1.29, 1.82) is 5.41 Å². The van der Waals surface area contributed by atoms with Crippen molar-refractivity contribution < 1.29 is 9.66 Å². The van der Waals surface area contributed by atoms with E-state index >= 15 is 0 Å². The standard InChI is InChI=1S/C12H8Br2N4O3/c13-8-4-6(18(19)20)5-9(14)10(8)21-12-7(11(15)16)2-1-3-17-12/h1-5H,(H3,15,16). The second kappa shape index (κ2) is 6.19. The van der Waals surface area contributed by atoms with Crippen molar-refractivity contribution in [2.24, 2.45) is 5.73 Å². The van der Waals surface area contributed by atoms with Gasteiger partial charge >= 0.3 is 0 Å². The zero-order chi connectivity index (χ0) is 15.6. The van der Waals surface area contributed by atoms with E-state index in [2.05, 4.69) is 36.8 Å². The molecule has 0 bridgehead atoms. The first-order valence-electron chi connectivity index (χ1n) is 5.51. The molecule has 2 rings (SSSR count). The number of nitrogens with two attached hydrogens (primary N) is 1. The molecule has 0 spiro atoms. The van der Waals surface area contributed by atoms with Crippen LogP contribution in [0.1, 0.15) is 5.56 Å². The van der Waals surface area contributed by atoms with Gasteiger partial charge in [0.25, 0.3) is 5.69 Å². The highest BCUT2D eigenvalue weighted by molar-refractivity contribution is 9.11. The topological polar surface area (TPSA) is 115 Å². The van der Waals surface area contributed by atoms with Crippen LogP contribution in [0.5, 0.6) is 11.6 Å². The number of aromatic nitrogens is 1. The Balaban J connectivity index is 2.46. The van der Waals surface area contributed by atoms with E-state index in [1.54, 1.807) is 12.1 Å². The van der Waals surface area contributed by atoms with Crippen molar-refractivity contribution in [3.8, 4) is 11.6 Å². The van der Waals surface area contributed by atoms with Gasteiger partial charge in [-0.25, -0.2) is 4.98 Å². The van der Waals surface area contributed by atoms with E-state index in [1.807, 2.05) is 0 Å². The monoisotopic (exact) mass is 414 g/mol. The molecule has 0 atom stereocenters. The Morgan fingerprint density at radius 1 is 1.38 bits per heavy atom. The fourth-order valence-corrected chi connectivity index (χ4v) is 2.85. The van der Waals surface area contributed by atoms with Crippen molar-refractivity contribution in [1.82, 2.24) is 4.98 Å². The van der Waals surface area contributed by atoms with E-state index < -0.39 is 4.92 Å². The van der Waals surface area contributed by atoms with Crippen LogP contribution in [-0.4, -0.2) is 15.7 Å². The lowest BCUT2D eigenvalue weighted by Gasteiger charge is -2.11. The fraction of sp³-hybridized carbons (Fsp3) is 0. The third-order valence-electron chi connectivity index (χ3n) is 2.45. The number of nitro groups is 1. The molecular formula is C12H8Br2N4O3. The zero-order valence-corrected chi connectivity index (χ0v) is 13.5. The van der Waals surface area contributed by atoms with Crippen LogP contribution in [0.15, 0.2) is 39.4 Å². The molecule has 108 valence electrons. The number of nitrogens with zero attached hydrogens (tertiary/aromatic N) is 2. The highest BCUT2D eigenvalue weighted by Gasteiger charge is 2.18. The molecule has 0 aliphatic heterocycles. The first kappa shape index (κ1) is 15.4. The van der Waals surface area contributed by atoms with Crippen LogP contribution < -0.4 is 10.5 Å². The summed E-state index contributed by atoms with van der Waals surface area (Å²) in [5, 5.41) is 18.3. The summed E-state index contributed by atoms with van der Waals surface area (Å²) >= 11 is 6.43. The molecule has 2 aromatic rings. The van der Waals surface area contributed by atoms with Gasteiger partial charge in [0, 0.05) is 18.3 Å². The summed E-state index contributed by atoms with van der Waals surface area (Å²) in [4.78, 5) is 14.3. The van der Waals surface area contributed by atoms with Gasteiger partial charge in [-0.15, -0.1) is 0 Å². The number of non-ortho nitro benzene ring substituents is 1. The molecule has 0 saturated carbocycles. The molecule has 0 amide bonds. The molecule has 9 heteroatoms. The second-order valence-corrected chi connectivity index (χ2v) is 5.58. The number of amidine groups is 1. The molecule has 0 radical (unpaired) electrons. The first-order chi connectivity index (χ1) is 9.90. The maximum absolute atomic E-state index is 10.8. The molecule has 0 unspecified atom stereocenters. The van der Waals surface area contributed by atoms with Crippen molar-refractivity contribution in [3.05, 3.63) is 55.1 Å². The van der Waals surface area contributed by atoms with Gasteiger partial charge < -0.3 is 10.5 Å². The number of rotatable bonds is 4. The number of hydrogen-bond donors (Lipinski definition) is 2. The maximum Gasteiger partial charge on any atom is 0.271 e. The molecule has 0 saturated heterocycles. The van der Waals surface area contributed by atoms with E-state index in [9.17, 15) is 10.1 Å². The lowest BCUT2D eigenvalue weighted by atomic mass is 10.2. The minimum Gasteiger partial charge on any atom is -0.436 e. The minimum atomic E-state index is -0.513. The summed E-state index contributed by atoms with van der Waals surface area (Å²) in [7, 11) is 0. The van der Waals surface area contributed by atoms with E-state index in [1.165, 1.54) is 18.3 Å². The van der Waals surface area contributed by atoms with Crippen LogP contribution in [0.3, 0.4) is 0 Å². The van der Waals surface area contributed by atoms with Gasteiger partial charge in [0.1, 0.15) is 5.84 Å². The normalized spacial score (nSPS) is 10.2. The predicted molar refractivity (Wildman–Crippen MR) is 83.8 cm³/mol. The minimum absolute atomic E-state index is 0.0890. The van der Waals surface area contributed by atoms with E-state index in [-0.39, 0.29) is 17.4 Å². The van der Waals surface area contributed by atoms with E-state index in [0.29, 0.717) is 20.3 Å². The first-order valence-corrected chi connectivity index (χ1v) is 7.09. The number of ether oxygens (including phenoxy) is 1. The van der Waals surface area contributed by atoms with Crippen LogP contribution in [-0.2, 0) is 0 Å². The number of nitro benzene ring substituents is 1. The molecule has 3 N–H and O–H groups in total. The number of hydrogen-bond acceptors (Lipinski definition) is 5. The lowest BCUT2D eigenvalue weighted by Crippen LogP contribution is -2.13. The average molecular weight is 416 g/mol. The second-order valence-electron chi connectivity index (χ2n) is 3.87. The van der Waals surface area contributed by atoms with Crippen molar-refractivity contribution in [3.63, 3.8) is 0 Å². The van der Waals surface area contributed by atoms with E-state index in [0.717, 1.165) is 0 Å². The van der Waals surface area contributed by atoms with Crippen LogP contribution in [0.2, 0.25) is 0 Å². The lowest BCUT2D eigenvalue weighted by molar-refractivity contribution is -0.385. The number of nitrogen functional groups attached to an aromatic ring is 1. The molecule has 1 aromatic carbocycles. The van der Waals surface area contributed by atoms with Crippen molar-refractivity contribution in [2.45, 2.75) is 0 Å². The SMILES string of the molecule is N=C(N)c1cccnc1Oc1c(Br)cc([N+](=O)[O-])cc1Br. The fourth-order valence-electron chi connectivity index (χ4n) is 1.52. The van der Waals surface area contributed by atoms with Gasteiger partial charge in [-0.1, -0.05) is 0 Å². The number of nitrogens with one attached hydrogen (secondary N) is 1. The Morgan fingerprint density at radius 3 is 2.52 bits per heavy atom. The maximum atomic E-state index is 10.8. The summed E-state index contributed by atoms with van der Waals surface area (Å²) in [6, 6.07) is 5.86. The highest BCUT2D eigenvalue weighted by atomic mass is 79.9. The molecule has 1 heterocycles. The summed E-state index contributed by atoms with van der Waals surface area (Å²) in [5.41, 5.74) is 5.70. The summed E-state index contributed by atoms with van der Waals surface area (Å²) in [6.45, 7) is 0. The van der Waals surface area contributed by atoms with Crippen LogP contribution in [0.25, 0.3) is 0 Å². The molecule has 0 aliphatic carbocycles. The Labute approximate surface area is 136 Å². The Morgan fingerprint density at radius 2 is 2.00 bits per heavy atom. The van der Waals surface area contributed by atoms with Gasteiger partial charge in [-0.3, -0.25) is 15.5 Å². The Kier molecular flexibility index (Phi) is 4.53. The van der Waals surface area contributed by atoms with Crippen LogP contribution in [0.4, 0.5) is 5.69 Å². The van der Waals surface area contributed by atoms with Crippen LogP contribution in [0, 0.1) is 15.5 Å². The van der Waals surface area contributed by atoms with Crippen molar-refractivity contribution >= 4 is 43.4 Å². The smallest absolute Gasteiger partial charge is 0.271 e. The zero-order valence-electron chi connectivity index (χ0n) is 10.3. The highest BCUT2D eigenvalue weighted by Crippen LogP contribution is 2.39. The molecule has 7 nitrogen and oxygen atoms in total. The van der Waals surface area contributed by atoms with Gasteiger partial charge in [0.2, 0.25) is 5.88 Å². The van der Waals surface area contributed by atoms with Gasteiger partial charge in [0.05, 0.1) is 19.4 Å². The summed E-state index contributed by atoms with van der Waals surface area (Å²) in [5.74, 6) is 0.259. The third-order valence-corrected chi connectivity index (χ3v) is 3.63. The molecule has 0 aliphatic rings. The van der Waals surface area contributed by atoms with Crippen LogP contribution >= 0.6 is 31.9 Å². The molecule has 1 aromatic heterocycles. The van der Waals surface area contributed by atoms with Gasteiger partial charge in [0.15, 0.2) is 5.75 Å². The molecular weight excluding hydrogens is 408 g/mol. The van der Waals surface area contributed by atoms with Gasteiger partial charge in [-0.2, -0.15) is 0 Å². The largest absolute Gasteiger partial charge is 0.436 e. The van der Waals surface area contributed by atoms with Gasteiger partial charge in [-0.05, 0) is 44.0 Å². The third kappa shape index (κ3) is 3.37.